The Balaban J connectivity index is 1.82. The van der Waals surface area contributed by atoms with Gasteiger partial charge in [-0.3, -0.25) is 9.59 Å². The van der Waals surface area contributed by atoms with Gasteiger partial charge in [-0.25, -0.2) is 4.39 Å². The number of nitrogens with one attached hydrogen (secondary N) is 1. The van der Waals surface area contributed by atoms with Crippen LogP contribution in [0.1, 0.15) is 25.3 Å². The quantitative estimate of drug-likeness (QED) is 0.814. The summed E-state index contributed by atoms with van der Waals surface area (Å²) in [5, 5.41) is 2.71. The Morgan fingerprint density at radius 3 is 2.48 bits per heavy atom. The van der Waals surface area contributed by atoms with E-state index in [2.05, 4.69) is 5.32 Å². The van der Waals surface area contributed by atoms with Gasteiger partial charge in [-0.1, -0.05) is 12.1 Å². The van der Waals surface area contributed by atoms with E-state index in [9.17, 15) is 14.0 Å². The number of halogens is 1. The minimum Gasteiger partial charge on any atom is -0.350 e. The average molecular weight is 293 g/mol. The van der Waals surface area contributed by atoms with Gasteiger partial charge in [0.15, 0.2) is 0 Å². The first-order valence-corrected chi connectivity index (χ1v) is 7.04. The van der Waals surface area contributed by atoms with Crippen molar-refractivity contribution >= 4 is 11.8 Å². The molecule has 0 heterocycles. The van der Waals surface area contributed by atoms with Crippen LogP contribution in [-0.4, -0.2) is 35.3 Å². The van der Waals surface area contributed by atoms with E-state index < -0.39 is 5.54 Å². The molecule has 0 spiro atoms. The lowest BCUT2D eigenvalue weighted by molar-refractivity contribution is -0.137. The van der Waals surface area contributed by atoms with Crippen LogP contribution in [0.2, 0.25) is 0 Å². The number of nitrogens with zero attached hydrogens (tertiary/aromatic N) is 1. The second kappa shape index (κ2) is 6.22. The van der Waals surface area contributed by atoms with E-state index in [1.165, 1.54) is 17.0 Å². The summed E-state index contributed by atoms with van der Waals surface area (Å²) in [5.74, 6) is -0.730. The largest absolute Gasteiger partial charge is 0.350 e. The molecule has 0 atom stereocenters. The molecule has 2 amide bonds. The Kier molecular flexibility index (Phi) is 4.57. The second-order valence-corrected chi connectivity index (χ2v) is 5.38. The van der Waals surface area contributed by atoms with E-state index in [1.54, 1.807) is 12.1 Å². The van der Waals surface area contributed by atoms with Crippen molar-refractivity contribution < 1.29 is 14.0 Å². The molecule has 3 N–H and O–H groups in total. The summed E-state index contributed by atoms with van der Waals surface area (Å²) < 4.78 is 12.8. The van der Waals surface area contributed by atoms with Gasteiger partial charge >= 0.3 is 0 Å². The molecule has 114 valence electrons. The highest BCUT2D eigenvalue weighted by Gasteiger charge is 2.48. The summed E-state index contributed by atoms with van der Waals surface area (Å²) in [6.07, 6.45) is 1.36. The van der Waals surface area contributed by atoms with Crippen molar-refractivity contribution in [3.05, 3.63) is 35.6 Å². The van der Waals surface area contributed by atoms with Crippen molar-refractivity contribution in [2.75, 3.05) is 13.1 Å². The van der Waals surface area contributed by atoms with Crippen LogP contribution >= 0.6 is 0 Å². The van der Waals surface area contributed by atoms with Crippen molar-refractivity contribution in [2.45, 2.75) is 31.8 Å². The van der Waals surface area contributed by atoms with E-state index in [0.717, 1.165) is 5.56 Å². The monoisotopic (exact) mass is 293 g/mol. The first kappa shape index (κ1) is 15.4. The van der Waals surface area contributed by atoms with E-state index in [1.807, 2.05) is 6.92 Å². The first-order chi connectivity index (χ1) is 9.94. The normalized spacial score (nSPS) is 15.4. The summed E-state index contributed by atoms with van der Waals surface area (Å²) in [6.45, 7) is 2.56. The number of hydrogen-bond acceptors (Lipinski definition) is 3. The Morgan fingerprint density at radius 2 is 1.95 bits per heavy atom. The zero-order valence-corrected chi connectivity index (χ0v) is 12.1. The number of nitrogens with two attached hydrogens (primary N) is 1. The highest BCUT2D eigenvalue weighted by molar-refractivity contribution is 5.92. The molecule has 1 aliphatic carbocycles. The van der Waals surface area contributed by atoms with Crippen LogP contribution < -0.4 is 11.1 Å². The van der Waals surface area contributed by atoms with Crippen molar-refractivity contribution in [3.63, 3.8) is 0 Å². The molecule has 0 bridgehead atoms. The van der Waals surface area contributed by atoms with E-state index in [0.29, 0.717) is 25.9 Å². The summed E-state index contributed by atoms with van der Waals surface area (Å²) in [7, 11) is 0. The fraction of sp³-hybridized carbons (Fsp3) is 0.467. The van der Waals surface area contributed by atoms with Gasteiger partial charge in [0.1, 0.15) is 5.82 Å². The summed E-state index contributed by atoms with van der Waals surface area (Å²) in [4.78, 5) is 25.4. The number of amides is 2. The molecule has 1 aromatic carbocycles. The van der Waals surface area contributed by atoms with Crippen LogP contribution in [0.4, 0.5) is 4.39 Å². The molecule has 1 aromatic rings. The lowest BCUT2D eigenvalue weighted by Crippen LogP contribution is -2.49. The van der Waals surface area contributed by atoms with Crippen LogP contribution in [0.3, 0.4) is 0 Å². The number of hydrogen-bond donors (Lipinski definition) is 2. The molecular weight excluding hydrogens is 273 g/mol. The number of rotatable bonds is 6. The third-order valence-electron chi connectivity index (χ3n) is 3.62. The fourth-order valence-corrected chi connectivity index (χ4v) is 2.02. The maximum atomic E-state index is 12.8. The lowest BCUT2D eigenvalue weighted by atomic mass is 10.2. The van der Waals surface area contributed by atoms with Gasteiger partial charge in [0.25, 0.3) is 0 Å². The molecule has 1 fully saturated rings. The Bertz CT molecular complexity index is 526. The van der Waals surface area contributed by atoms with Crippen LogP contribution in [0.5, 0.6) is 0 Å². The summed E-state index contributed by atoms with van der Waals surface area (Å²) in [6, 6.07) is 5.90. The maximum absolute atomic E-state index is 12.8. The van der Waals surface area contributed by atoms with Gasteiger partial charge in [0.05, 0.1) is 12.1 Å². The topological polar surface area (TPSA) is 75.4 Å². The maximum Gasteiger partial charge on any atom is 0.243 e. The molecule has 0 unspecified atom stereocenters. The molecule has 0 radical (unpaired) electrons. The average Bonchev–Trinajstić information content (AvgIpc) is 3.22. The number of benzene rings is 1. The molecule has 6 heteroatoms. The van der Waals surface area contributed by atoms with Crippen LogP contribution in [-0.2, 0) is 16.1 Å². The molecule has 0 aromatic heterocycles. The predicted molar refractivity (Wildman–Crippen MR) is 76.7 cm³/mol. The van der Waals surface area contributed by atoms with Gasteiger partial charge in [-0.15, -0.1) is 0 Å². The zero-order valence-electron chi connectivity index (χ0n) is 12.1. The van der Waals surface area contributed by atoms with Gasteiger partial charge < -0.3 is 16.0 Å². The van der Waals surface area contributed by atoms with Crippen molar-refractivity contribution in [1.82, 2.24) is 10.2 Å². The second-order valence-electron chi connectivity index (χ2n) is 5.38. The molecular formula is C15H20FN3O2. The van der Waals surface area contributed by atoms with Crippen molar-refractivity contribution in [1.29, 1.82) is 0 Å². The molecule has 1 saturated carbocycles. The van der Waals surface area contributed by atoms with Crippen LogP contribution in [0, 0.1) is 5.82 Å². The SMILES string of the molecule is CCN(CC(=O)NCc1ccc(F)cc1)C(=O)C1(N)CC1. The molecule has 21 heavy (non-hydrogen) atoms. The smallest absolute Gasteiger partial charge is 0.243 e. The summed E-state index contributed by atoms with van der Waals surface area (Å²) >= 11 is 0. The van der Waals surface area contributed by atoms with Gasteiger partial charge in [-0.05, 0) is 37.5 Å². The number of carbonyl (C=O) groups is 2. The minimum absolute atomic E-state index is 0.00449. The van der Waals surface area contributed by atoms with Gasteiger partial charge in [0.2, 0.25) is 11.8 Å². The fourth-order valence-electron chi connectivity index (χ4n) is 2.02. The standard InChI is InChI=1S/C15H20FN3O2/c1-2-19(14(21)15(17)7-8-15)10-13(20)18-9-11-3-5-12(16)6-4-11/h3-6H,2,7-10,17H2,1H3,(H,18,20). The molecule has 1 aliphatic rings. The summed E-state index contributed by atoms with van der Waals surface area (Å²) in [5.41, 5.74) is 5.91. The Hall–Kier alpha value is -1.95. The van der Waals surface area contributed by atoms with Gasteiger partial charge in [-0.2, -0.15) is 0 Å². The highest BCUT2D eigenvalue weighted by Crippen LogP contribution is 2.33. The molecule has 2 rings (SSSR count). The molecule has 5 nitrogen and oxygen atoms in total. The van der Waals surface area contributed by atoms with Crippen LogP contribution in [0.15, 0.2) is 24.3 Å². The van der Waals surface area contributed by atoms with Gasteiger partial charge in [0, 0.05) is 13.1 Å². The minimum atomic E-state index is -0.757. The third kappa shape index (κ3) is 4.01. The van der Waals surface area contributed by atoms with E-state index >= 15 is 0 Å². The molecule has 0 aliphatic heterocycles. The number of carbonyl (C=O) groups excluding carboxylic acids is 2. The van der Waals surface area contributed by atoms with E-state index in [-0.39, 0.29) is 24.2 Å². The van der Waals surface area contributed by atoms with Crippen molar-refractivity contribution in [3.8, 4) is 0 Å². The highest BCUT2D eigenvalue weighted by atomic mass is 19.1. The predicted octanol–water partition coefficient (Wildman–Crippen LogP) is 0.782. The van der Waals surface area contributed by atoms with E-state index in [4.69, 9.17) is 5.73 Å². The zero-order chi connectivity index (χ0) is 15.5. The van der Waals surface area contributed by atoms with Crippen molar-refractivity contribution in [2.24, 2.45) is 5.73 Å². The lowest BCUT2D eigenvalue weighted by Gasteiger charge is -2.23. The van der Waals surface area contributed by atoms with Crippen LogP contribution in [0.25, 0.3) is 0 Å². The Labute approximate surface area is 123 Å². The number of likely N-dealkylation sites (N-methyl/N-ethyl adjacent to an activating group) is 1. The third-order valence-corrected chi connectivity index (χ3v) is 3.62. The molecule has 0 saturated heterocycles. The first-order valence-electron chi connectivity index (χ1n) is 7.04. The Morgan fingerprint density at radius 1 is 1.33 bits per heavy atom.